The highest BCUT2D eigenvalue weighted by Crippen LogP contribution is 2.36. The first-order valence-corrected chi connectivity index (χ1v) is 9.93. The zero-order valence-corrected chi connectivity index (χ0v) is 14.4. The number of carbonyl (C=O) groups is 1. The second kappa shape index (κ2) is 6.15. The molecular weight excluding hydrogens is 312 g/mol. The van der Waals surface area contributed by atoms with Gasteiger partial charge in [0.25, 0.3) is 0 Å². The van der Waals surface area contributed by atoms with Crippen molar-refractivity contribution in [1.82, 2.24) is 10.2 Å². The van der Waals surface area contributed by atoms with Gasteiger partial charge in [0.1, 0.15) is 0 Å². The fourth-order valence-electron chi connectivity index (χ4n) is 3.45. The van der Waals surface area contributed by atoms with Crippen molar-refractivity contribution in [2.24, 2.45) is 0 Å². The average Bonchev–Trinajstić information content (AvgIpc) is 2.49. The van der Waals surface area contributed by atoms with E-state index < -0.39 is 15.1 Å². The summed E-state index contributed by atoms with van der Waals surface area (Å²) in [5.74, 6) is 0.572. The van der Waals surface area contributed by atoms with Crippen LogP contribution in [-0.2, 0) is 9.84 Å². The lowest BCUT2D eigenvalue weighted by Gasteiger charge is -2.41. The van der Waals surface area contributed by atoms with E-state index in [0.717, 1.165) is 12.8 Å². The smallest absolute Gasteiger partial charge is 0.317 e. The van der Waals surface area contributed by atoms with Gasteiger partial charge in [0.2, 0.25) is 0 Å². The molecule has 5 nitrogen and oxygen atoms in total. The van der Waals surface area contributed by atoms with Crippen LogP contribution in [-0.4, -0.2) is 49.0 Å². The van der Waals surface area contributed by atoms with Gasteiger partial charge in [-0.3, -0.25) is 0 Å². The molecule has 2 atom stereocenters. The predicted molar refractivity (Wildman–Crippen MR) is 90.2 cm³/mol. The number of carbonyl (C=O) groups excluding carboxylic acids is 1. The van der Waals surface area contributed by atoms with Gasteiger partial charge < -0.3 is 10.2 Å². The first-order chi connectivity index (χ1) is 10.9. The molecule has 0 radical (unpaired) electrons. The van der Waals surface area contributed by atoms with E-state index in [2.05, 4.69) is 17.4 Å². The molecule has 1 aromatic rings. The van der Waals surface area contributed by atoms with Crippen molar-refractivity contribution in [3.63, 3.8) is 0 Å². The van der Waals surface area contributed by atoms with Gasteiger partial charge in [-0.2, -0.15) is 0 Å². The van der Waals surface area contributed by atoms with Crippen LogP contribution in [0.5, 0.6) is 0 Å². The van der Waals surface area contributed by atoms with E-state index in [1.54, 1.807) is 11.8 Å². The minimum atomic E-state index is -3.06. The quantitative estimate of drug-likeness (QED) is 0.900. The van der Waals surface area contributed by atoms with E-state index in [1.165, 1.54) is 5.56 Å². The summed E-state index contributed by atoms with van der Waals surface area (Å²) >= 11 is 0. The van der Waals surface area contributed by atoms with Crippen LogP contribution in [0.15, 0.2) is 30.3 Å². The Morgan fingerprint density at radius 1 is 1.17 bits per heavy atom. The lowest BCUT2D eigenvalue weighted by atomic mass is 9.76. The Morgan fingerprint density at radius 2 is 1.83 bits per heavy atom. The maximum Gasteiger partial charge on any atom is 0.317 e. The molecular formula is C17H24N2O3S. The molecule has 1 aliphatic heterocycles. The molecule has 0 aromatic heterocycles. The lowest BCUT2D eigenvalue weighted by molar-refractivity contribution is 0.165. The Bertz CT molecular complexity index is 668. The summed E-state index contributed by atoms with van der Waals surface area (Å²) in [4.78, 5) is 14.1. The minimum Gasteiger partial charge on any atom is -0.335 e. The monoisotopic (exact) mass is 336 g/mol. The van der Waals surface area contributed by atoms with Gasteiger partial charge >= 0.3 is 6.03 Å². The molecule has 126 valence electrons. The van der Waals surface area contributed by atoms with E-state index in [9.17, 15) is 13.2 Å². The maximum absolute atomic E-state index is 12.4. The van der Waals surface area contributed by atoms with E-state index in [1.807, 2.05) is 25.1 Å². The average molecular weight is 336 g/mol. The number of benzene rings is 1. The van der Waals surface area contributed by atoms with Crippen LogP contribution in [0.3, 0.4) is 0 Å². The molecule has 1 heterocycles. The molecule has 23 heavy (non-hydrogen) atoms. The molecule has 1 aliphatic carbocycles. The number of hydrogen-bond acceptors (Lipinski definition) is 3. The van der Waals surface area contributed by atoms with Crippen molar-refractivity contribution in [1.29, 1.82) is 0 Å². The normalized spacial score (nSPS) is 32.9. The highest BCUT2D eigenvalue weighted by molar-refractivity contribution is 7.92. The summed E-state index contributed by atoms with van der Waals surface area (Å²) < 4.78 is 23.8. The number of sulfone groups is 1. The highest BCUT2D eigenvalue weighted by atomic mass is 32.2. The van der Waals surface area contributed by atoms with Crippen LogP contribution in [0.4, 0.5) is 4.79 Å². The topological polar surface area (TPSA) is 66.5 Å². The van der Waals surface area contributed by atoms with Gasteiger partial charge in [-0.05, 0) is 38.2 Å². The third kappa shape index (κ3) is 3.22. The molecule has 1 aromatic carbocycles. The summed E-state index contributed by atoms with van der Waals surface area (Å²) in [6.45, 7) is 3.79. The van der Waals surface area contributed by atoms with Gasteiger partial charge in [0.15, 0.2) is 9.84 Å². The largest absolute Gasteiger partial charge is 0.335 e. The fraction of sp³-hybridized carbons (Fsp3) is 0.588. The van der Waals surface area contributed by atoms with Gasteiger partial charge in [-0.15, -0.1) is 0 Å². The number of amides is 2. The molecule has 1 saturated carbocycles. The first-order valence-electron chi connectivity index (χ1n) is 8.22. The third-order valence-corrected chi connectivity index (χ3v) is 7.63. The molecule has 1 saturated heterocycles. The third-order valence-electron chi connectivity index (χ3n) is 5.35. The van der Waals surface area contributed by atoms with E-state index in [4.69, 9.17) is 0 Å². The van der Waals surface area contributed by atoms with Crippen LogP contribution in [0.25, 0.3) is 0 Å². The Kier molecular flexibility index (Phi) is 4.36. The van der Waals surface area contributed by atoms with Gasteiger partial charge in [-0.25, -0.2) is 13.2 Å². The van der Waals surface area contributed by atoms with Crippen LogP contribution in [0.1, 0.15) is 38.2 Å². The van der Waals surface area contributed by atoms with Crippen LogP contribution in [0.2, 0.25) is 0 Å². The summed E-state index contributed by atoms with van der Waals surface area (Å²) in [6.07, 6.45) is 1.90. The Labute approximate surface area is 138 Å². The fourth-order valence-corrected chi connectivity index (χ4v) is 5.02. The number of rotatable bonds is 2. The molecule has 0 spiro atoms. The molecule has 1 N–H and O–H groups in total. The second-order valence-electron chi connectivity index (χ2n) is 6.73. The Hall–Kier alpha value is -1.56. The van der Waals surface area contributed by atoms with Crippen molar-refractivity contribution >= 4 is 15.9 Å². The summed E-state index contributed by atoms with van der Waals surface area (Å²) in [7, 11) is -3.06. The van der Waals surface area contributed by atoms with Crippen molar-refractivity contribution in [2.45, 2.75) is 49.9 Å². The molecule has 2 aliphatic rings. The highest BCUT2D eigenvalue weighted by Gasteiger charge is 2.39. The molecule has 3 rings (SSSR count). The number of nitrogens with zero attached hydrogens (tertiary/aromatic N) is 1. The van der Waals surface area contributed by atoms with E-state index in [-0.39, 0.29) is 30.4 Å². The number of nitrogens with one attached hydrogen (secondary N) is 1. The Morgan fingerprint density at radius 3 is 2.48 bits per heavy atom. The lowest BCUT2D eigenvalue weighted by Crippen LogP contribution is -2.59. The van der Waals surface area contributed by atoms with Gasteiger partial charge in [0.05, 0.1) is 11.0 Å². The van der Waals surface area contributed by atoms with E-state index >= 15 is 0 Å². The van der Waals surface area contributed by atoms with Crippen LogP contribution < -0.4 is 5.32 Å². The standard InChI is InChI=1S/C17H24N2O3S/c1-12-13(2)23(21,22)9-8-19(12)17(20)18-16-10-15(11-16)14-6-4-3-5-7-14/h3-7,12-13,15-16H,8-11H2,1-2H3,(H,18,20)/t12-,13+,15?,16?/m0/s1. The summed E-state index contributed by atoms with van der Waals surface area (Å²) in [5, 5.41) is 2.56. The SMILES string of the molecule is C[C@@H]1[C@H](C)N(C(=O)NC2CC(c3ccccc3)C2)CCS1(=O)=O. The van der Waals surface area contributed by atoms with Crippen molar-refractivity contribution in [3.8, 4) is 0 Å². The van der Waals surface area contributed by atoms with Crippen LogP contribution in [0, 0.1) is 0 Å². The van der Waals surface area contributed by atoms with Gasteiger partial charge in [0, 0.05) is 18.6 Å². The first kappa shape index (κ1) is 16.3. The maximum atomic E-state index is 12.4. The Balaban J connectivity index is 1.53. The molecule has 0 bridgehead atoms. The second-order valence-corrected chi connectivity index (χ2v) is 9.21. The van der Waals surface area contributed by atoms with Crippen molar-refractivity contribution in [3.05, 3.63) is 35.9 Å². The zero-order chi connectivity index (χ0) is 16.6. The van der Waals surface area contributed by atoms with Crippen molar-refractivity contribution < 1.29 is 13.2 Å². The molecule has 2 amide bonds. The number of hydrogen-bond donors (Lipinski definition) is 1. The molecule has 0 unspecified atom stereocenters. The molecule has 2 fully saturated rings. The zero-order valence-electron chi connectivity index (χ0n) is 13.6. The van der Waals surface area contributed by atoms with Crippen LogP contribution >= 0.6 is 0 Å². The van der Waals surface area contributed by atoms with Crippen molar-refractivity contribution in [2.75, 3.05) is 12.3 Å². The summed E-state index contributed by atoms with van der Waals surface area (Å²) in [6, 6.07) is 10.1. The van der Waals surface area contributed by atoms with E-state index in [0.29, 0.717) is 5.92 Å². The minimum absolute atomic E-state index is 0.0588. The predicted octanol–water partition coefficient (Wildman–Crippen LogP) is 2.15. The van der Waals surface area contributed by atoms with Gasteiger partial charge in [-0.1, -0.05) is 30.3 Å². The molecule has 6 heteroatoms. The summed E-state index contributed by atoms with van der Waals surface area (Å²) in [5.41, 5.74) is 1.32. The number of urea groups is 1.